The Morgan fingerprint density at radius 2 is 0.897 bits per heavy atom. The van der Waals surface area contributed by atoms with Crippen LogP contribution in [0.4, 0.5) is 0 Å². The third kappa shape index (κ3) is 50.0. The van der Waals surface area contributed by atoms with Crippen LogP contribution in [0.1, 0.15) is 155 Å². The predicted molar refractivity (Wildman–Crippen MR) is 294 cm³/mol. The zero-order valence-corrected chi connectivity index (χ0v) is 44.2. The summed E-state index contributed by atoms with van der Waals surface area (Å²) >= 11 is 0. The maximum atomic E-state index is 12.9. The van der Waals surface area contributed by atoms with Crippen molar-refractivity contribution in [2.24, 2.45) is 0 Å². The summed E-state index contributed by atoms with van der Waals surface area (Å²) in [6.45, 7) is 4.53. The molecule has 9 heteroatoms. The number of nitrogens with one attached hydrogen (secondary N) is 1. The standard InChI is InChI=1S/C59H95N2O6P/c1-6-8-10-12-14-16-18-19-20-21-22-23-24-25-26-27-28-29-30-31-32-33-34-35-36-37-38-39-40-41-43-45-47-49-51-53-59(63)60-57(56-67-68(64,65)66-55-54-61(3,4)5)58(62)52-50-48-46-44-42-17-15-13-11-9-7-2/h8,10-11,13-14,16,19-20,22-23,25-26,28-29,31-32,34-35,37-38,40-42,44,50,52,57-58,62H,6-7,9,12,15,17-18,21,24,27,30,33,36,39,43,45-49,51,53-56H2,1-5H3,(H-,60,63,64,65)/p+1/b10-8-,13-11+,16-14-,20-19-,23-22-,26-25-,29-28-,32-31-,35-34-,38-37-,41-40-,44-42+,52-50+. The monoisotopic (exact) mass is 960 g/mol. The van der Waals surface area contributed by atoms with Gasteiger partial charge in [-0.25, -0.2) is 4.57 Å². The molecule has 3 unspecified atom stereocenters. The summed E-state index contributed by atoms with van der Waals surface area (Å²) in [6.07, 6.45) is 76.3. The molecule has 68 heavy (non-hydrogen) atoms. The van der Waals surface area contributed by atoms with Gasteiger partial charge >= 0.3 is 7.82 Å². The lowest BCUT2D eigenvalue weighted by Gasteiger charge is -2.25. The molecule has 0 aromatic rings. The minimum atomic E-state index is -4.37. The second-order valence-electron chi connectivity index (χ2n) is 17.8. The smallest absolute Gasteiger partial charge is 0.387 e. The maximum absolute atomic E-state index is 12.9. The molecule has 382 valence electrons. The first-order valence-electron chi connectivity index (χ1n) is 25.9. The zero-order chi connectivity index (χ0) is 49.9. The summed E-state index contributed by atoms with van der Waals surface area (Å²) in [5, 5.41) is 13.8. The molecule has 0 spiro atoms. The Labute approximate surface area is 416 Å². The molecule has 0 aliphatic carbocycles. The van der Waals surface area contributed by atoms with Crippen LogP contribution >= 0.6 is 7.82 Å². The molecular formula is C59H96N2O6P+. The van der Waals surface area contributed by atoms with E-state index in [0.29, 0.717) is 17.4 Å². The number of aliphatic hydroxyl groups excluding tert-OH is 1. The Balaban J connectivity index is 4.28. The van der Waals surface area contributed by atoms with Crippen molar-refractivity contribution >= 4 is 13.7 Å². The van der Waals surface area contributed by atoms with Gasteiger partial charge < -0.3 is 19.8 Å². The van der Waals surface area contributed by atoms with Crippen molar-refractivity contribution in [1.29, 1.82) is 0 Å². The van der Waals surface area contributed by atoms with Crippen LogP contribution in [-0.2, 0) is 18.4 Å². The number of unbranched alkanes of at least 4 members (excludes halogenated alkanes) is 7. The summed E-state index contributed by atoms with van der Waals surface area (Å²) < 4.78 is 23.5. The van der Waals surface area contributed by atoms with Gasteiger partial charge in [0.25, 0.3) is 0 Å². The molecule has 1 amide bonds. The first-order chi connectivity index (χ1) is 33.0. The molecule has 3 atom stereocenters. The molecule has 0 saturated carbocycles. The van der Waals surface area contributed by atoms with Gasteiger partial charge in [-0.1, -0.05) is 191 Å². The van der Waals surface area contributed by atoms with Gasteiger partial charge in [0.1, 0.15) is 13.2 Å². The van der Waals surface area contributed by atoms with Gasteiger partial charge in [-0.15, -0.1) is 0 Å². The van der Waals surface area contributed by atoms with Crippen molar-refractivity contribution in [2.45, 2.75) is 167 Å². The number of phosphoric ester groups is 1. The third-order valence-corrected chi connectivity index (χ3v) is 11.2. The summed E-state index contributed by atoms with van der Waals surface area (Å²) in [6, 6.07) is -0.894. The quantitative estimate of drug-likeness (QED) is 0.0243. The number of allylic oxidation sites excluding steroid dienone is 25. The van der Waals surface area contributed by atoms with Crippen LogP contribution in [0.5, 0.6) is 0 Å². The molecule has 0 aliphatic heterocycles. The molecule has 0 radical (unpaired) electrons. The fourth-order valence-corrected chi connectivity index (χ4v) is 6.90. The van der Waals surface area contributed by atoms with Crippen molar-refractivity contribution in [3.8, 4) is 0 Å². The highest BCUT2D eigenvalue weighted by atomic mass is 31.2. The average molecular weight is 960 g/mol. The molecule has 0 bridgehead atoms. The highest BCUT2D eigenvalue weighted by Crippen LogP contribution is 2.43. The van der Waals surface area contributed by atoms with E-state index >= 15 is 0 Å². The molecule has 0 aromatic heterocycles. The molecule has 0 aromatic carbocycles. The Hall–Kier alpha value is -3.88. The second-order valence-corrected chi connectivity index (χ2v) is 19.2. The van der Waals surface area contributed by atoms with Crippen molar-refractivity contribution in [2.75, 3.05) is 40.9 Å². The van der Waals surface area contributed by atoms with E-state index < -0.39 is 20.0 Å². The molecule has 0 aliphatic rings. The number of phosphoric acid groups is 1. The number of quaternary nitrogens is 1. The number of hydrogen-bond acceptors (Lipinski definition) is 5. The Morgan fingerprint density at radius 3 is 1.32 bits per heavy atom. The van der Waals surface area contributed by atoms with E-state index in [4.69, 9.17) is 9.05 Å². The Kier molecular flexibility index (Phi) is 45.4. The predicted octanol–water partition coefficient (Wildman–Crippen LogP) is 15.5. The number of rotatable bonds is 44. The summed E-state index contributed by atoms with van der Waals surface area (Å²) in [5.41, 5.74) is 0. The Bertz CT molecular complexity index is 1650. The number of nitrogens with zero attached hydrogens (tertiary/aromatic N) is 1. The molecule has 0 fully saturated rings. The SMILES string of the molecule is CC/C=C\C/C=C\C/C=C\C/C=C\C/C=C\C/C=C\C/C=C\C/C=C\C/C=C\C/C=C\CCCCCCC(=O)NC(COP(=O)(O)OCC[N+](C)(C)C)C(O)/C=C/CC/C=C/CC/C=C/CCC. The van der Waals surface area contributed by atoms with E-state index in [1.807, 2.05) is 27.2 Å². The summed E-state index contributed by atoms with van der Waals surface area (Å²) in [5.74, 6) is -0.226. The van der Waals surface area contributed by atoms with Crippen molar-refractivity contribution < 1.29 is 32.9 Å². The van der Waals surface area contributed by atoms with Crippen LogP contribution in [0.15, 0.2) is 158 Å². The van der Waals surface area contributed by atoms with Gasteiger partial charge in [0.15, 0.2) is 0 Å². The van der Waals surface area contributed by atoms with Gasteiger partial charge in [0.05, 0.1) is 39.9 Å². The van der Waals surface area contributed by atoms with E-state index in [9.17, 15) is 19.4 Å². The zero-order valence-electron chi connectivity index (χ0n) is 43.3. The topological polar surface area (TPSA) is 105 Å². The molecule has 8 nitrogen and oxygen atoms in total. The molecular weight excluding hydrogens is 864 g/mol. The molecule has 3 N–H and O–H groups in total. The fourth-order valence-electron chi connectivity index (χ4n) is 6.16. The van der Waals surface area contributed by atoms with Crippen LogP contribution in [0.3, 0.4) is 0 Å². The van der Waals surface area contributed by atoms with Gasteiger partial charge in [-0.3, -0.25) is 13.8 Å². The largest absolute Gasteiger partial charge is 0.472 e. The van der Waals surface area contributed by atoms with E-state index in [1.165, 1.54) is 0 Å². The minimum Gasteiger partial charge on any atom is -0.387 e. The Morgan fingerprint density at radius 1 is 0.515 bits per heavy atom. The molecule has 0 heterocycles. The van der Waals surface area contributed by atoms with Crippen LogP contribution in [-0.4, -0.2) is 73.4 Å². The van der Waals surface area contributed by atoms with Gasteiger partial charge in [0, 0.05) is 6.42 Å². The number of likely N-dealkylation sites (N-methyl/N-ethyl adjacent to an activating group) is 1. The lowest BCUT2D eigenvalue weighted by atomic mass is 10.1. The summed E-state index contributed by atoms with van der Waals surface area (Å²) in [4.78, 5) is 23.1. The van der Waals surface area contributed by atoms with Gasteiger partial charge in [-0.05, 0) is 116 Å². The fraction of sp³-hybridized carbons (Fsp3) is 0.542. The number of aliphatic hydroxyl groups is 1. The van der Waals surface area contributed by atoms with Crippen molar-refractivity contribution in [3.05, 3.63) is 158 Å². The highest BCUT2D eigenvalue weighted by Gasteiger charge is 2.27. The van der Waals surface area contributed by atoms with E-state index in [2.05, 4.69) is 165 Å². The lowest BCUT2D eigenvalue weighted by molar-refractivity contribution is -0.870. The van der Waals surface area contributed by atoms with Crippen molar-refractivity contribution in [3.63, 3.8) is 0 Å². The van der Waals surface area contributed by atoms with E-state index in [1.54, 1.807) is 6.08 Å². The lowest BCUT2D eigenvalue weighted by Crippen LogP contribution is -2.45. The highest BCUT2D eigenvalue weighted by molar-refractivity contribution is 7.47. The first kappa shape index (κ1) is 64.1. The van der Waals surface area contributed by atoms with E-state index in [-0.39, 0.29) is 19.1 Å². The van der Waals surface area contributed by atoms with E-state index in [0.717, 1.165) is 135 Å². The summed E-state index contributed by atoms with van der Waals surface area (Å²) in [7, 11) is 1.50. The average Bonchev–Trinajstić information content (AvgIpc) is 3.30. The van der Waals surface area contributed by atoms with Gasteiger partial charge in [-0.2, -0.15) is 0 Å². The number of amides is 1. The van der Waals surface area contributed by atoms with Crippen molar-refractivity contribution in [1.82, 2.24) is 5.32 Å². The number of carbonyl (C=O) groups excluding carboxylic acids is 1. The maximum Gasteiger partial charge on any atom is 0.472 e. The first-order valence-corrected chi connectivity index (χ1v) is 27.4. The van der Waals surface area contributed by atoms with Gasteiger partial charge in [0.2, 0.25) is 5.91 Å². The molecule has 0 rings (SSSR count). The minimum absolute atomic E-state index is 0.0384. The van der Waals surface area contributed by atoms with Crippen LogP contribution in [0, 0.1) is 0 Å². The normalized spacial score (nSPS) is 15.3. The van der Waals surface area contributed by atoms with Crippen LogP contribution in [0.2, 0.25) is 0 Å². The number of carbonyl (C=O) groups is 1. The number of hydrogen-bond donors (Lipinski definition) is 3. The van der Waals surface area contributed by atoms with Crippen LogP contribution in [0.25, 0.3) is 0 Å². The second kappa shape index (κ2) is 48.2. The third-order valence-electron chi connectivity index (χ3n) is 10.2. The molecule has 0 saturated heterocycles. The van der Waals surface area contributed by atoms with Crippen LogP contribution < -0.4 is 5.32 Å².